The van der Waals surface area contributed by atoms with Crippen LogP contribution in [0.15, 0.2) is 24.3 Å². The predicted molar refractivity (Wildman–Crippen MR) is 107 cm³/mol. The van der Waals surface area contributed by atoms with Crippen LogP contribution < -0.4 is 4.90 Å². The third-order valence-electron chi connectivity index (χ3n) is 5.73. The Bertz CT molecular complexity index is 779. The second-order valence-electron chi connectivity index (χ2n) is 7.45. The molecule has 0 aliphatic carbocycles. The molecule has 1 aromatic rings. The highest BCUT2D eigenvalue weighted by molar-refractivity contribution is 7.86. The van der Waals surface area contributed by atoms with E-state index in [2.05, 4.69) is 4.90 Å². The molecule has 0 N–H and O–H groups in total. The van der Waals surface area contributed by atoms with E-state index in [9.17, 15) is 13.2 Å². The second-order valence-corrected chi connectivity index (χ2v) is 9.38. The Morgan fingerprint density at radius 1 is 0.786 bits per heavy atom. The molecular formula is C19H28N4O4S. The number of rotatable bonds is 4. The van der Waals surface area contributed by atoms with Gasteiger partial charge in [0.2, 0.25) is 0 Å². The SMILES string of the molecule is O=C(c1ccc(N2CCOCC2)cc1)N1CCN(S(=O)(=O)N2CCCC2)CC1. The number of hydrogen-bond donors (Lipinski definition) is 0. The van der Waals surface area contributed by atoms with Gasteiger partial charge < -0.3 is 14.5 Å². The molecule has 0 unspecified atom stereocenters. The first-order chi connectivity index (χ1) is 13.6. The summed E-state index contributed by atoms with van der Waals surface area (Å²) in [6.45, 7) is 5.97. The van der Waals surface area contributed by atoms with Crippen molar-refractivity contribution in [1.82, 2.24) is 13.5 Å². The highest BCUT2D eigenvalue weighted by atomic mass is 32.2. The Morgan fingerprint density at radius 2 is 1.36 bits per heavy atom. The first-order valence-corrected chi connectivity index (χ1v) is 11.4. The standard InChI is InChI=1S/C19H28N4O4S/c24-19(17-3-5-18(6-4-17)20-13-15-27-16-14-20)21-9-11-23(12-10-21)28(25,26)22-7-1-2-8-22/h3-6H,1-2,7-16H2. The molecule has 0 radical (unpaired) electrons. The van der Waals surface area contributed by atoms with E-state index < -0.39 is 10.2 Å². The molecule has 0 spiro atoms. The van der Waals surface area contributed by atoms with Gasteiger partial charge in [0, 0.05) is 63.6 Å². The summed E-state index contributed by atoms with van der Waals surface area (Å²) in [5, 5.41) is 0. The van der Waals surface area contributed by atoms with Gasteiger partial charge in [0.05, 0.1) is 13.2 Å². The lowest BCUT2D eigenvalue weighted by atomic mass is 10.1. The normalized spacial score (nSPS) is 22.6. The minimum atomic E-state index is -3.38. The average Bonchev–Trinajstić information content (AvgIpc) is 3.30. The summed E-state index contributed by atoms with van der Waals surface area (Å²) in [6, 6.07) is 7.68. The number of benzene rings is 1. The summed E-state index contributed by atoms with van der Waals surface area (Å²) in [5.41, 5.74) is 1.74. The molecule has 3 saturated heterocycles. The predicted octanol–water partition coefficient (Wildman–Crippen LogP) is 0.622. The van der Waals surface area contributed by atoms with Crippen molar-refractivity contribution in [2.24, 2.45) is 0 Å². The van der Waals surface area contributed by atoms with Crippen LogP contribution in [0.2, 0.25) is 0 Å². The molecule has 154 valence electrons. The number of carbonyl (C=O) groups is 1. The Kier molecular flexibility index (Phi) is 5.86. The van der Waals surface area contributed by atoms with E-state index >= 15 is 0 Å². The van der Waals surface area contributed by atoms with Gasteiger partial charge in [-0.1, -0.05) is 0 Å². The van der Waals surface area contributed by atoms with Crippen LogP contribution in [-0.4, -0.2) is 93.4 Å². The lowest BCUT2D eigenvalue weighted by Crippen LogP contribution is -2.53. The quantitative estimate of drug-likeness (QED) is 0.730. The van der Waals surface area contributed by atoms with Crippen molar-refractivity contribution in [2.45, 2.75) is 12.8 Å². The van der Waals surface area contributed by atoms with Gasteiger partial charge in [-0.25, -0.2) is 0 Å². The van der Waals surface area contributed by atoms with E-state index in [0.29, 0.717) is 44.8 Å². The molecule has 3 aliphatic rings. The van der Waals surface area contributed by atoms with Crippen LogP contribution in [0, 0.1) is 0 Å². The first-order valence-electron chi connectivity index (χ1n) is 10.0. The van der Waals surface area contributed by atoms with Gasteiger partial charge in [0.25, 0.3) is 16.1 Å². The van der Waals surface area contributed by atoms with Crippen molar-refractivity contribution in [1.29, 1.82) is 0 Å². The minimum Gasteiger partial charge on any atom is -0.378 e. The van der Waals surface area contributed by atoms with Crippen molar-refractivity contribution in [2.75, 3.05) is 70.5 Å². The lowest BCUT2D eigenvalue weighted by molar-refractivity contribution is 0.0694. The smallest absolute Gasteiger partial charge is 0.282 e. The Balaban J connectivity index is 1.34. The molecule has 4 rings (SSSR count). The van der Waals surface area contributed by atoms with Crippen molar-refractivity contribution in [3.8, 4) is 0 Å². The van der Waals surface area contributed by atoms with Crippen molar-refractivity contribution < 1.29 is 17.9 Å². The second kappa shape index (κ2) is 8.36. The summed E-state index contributed by atoms with van der Waals surface area (Å²) < 4.78 is 33.8. The topological polar surface area (TPSA) is 73.4 Å². The Morgan fingerprint density at radius 3 is 1.96 bits per heavy atom. The van der Waals surface area contributed by atoms with Gasteiger partial charge in [-0.15, -0.1) is 0 Å². The van der Waals surface area contributed by atoms with Gasteiger partial charge in [0.15, 0.2) is 0 Å². The number of nitrogens with zero attached hydrogens (tertiary/aromatic N) is 4. The van der Waals surface area contributed by atoms with Crippen LogP contribution in [0.4, 0.5) is 5.69 Å². The molecule has 9 heteroatoms. The summed E-state index contributed by atoms with van der Waals surface area (Å²) >= 11 is 0. The number of piperazine rings is 1. The molecule has 3 aliphatic heterocycles. The van der Waals surface area contributed by atoms with E-state index in [1.54, 1.807) is 9.21 Å². The van der Waals surface area contributed by atoms with Crippen LogP contribution in [0.5, 0.6) is 0 Å². The monoisotopic (exact) mass is 408 g/mol. The molecule has 0 bridgehead atoms. The molecule has 3 fully saturated rings. The van der Waals surface area contributed by atoms with E-state index in [1.165, 1.54) is 4.31 Å². The molecular weight excluding hydrogens is 380 g/mol. The summed E-state index contributed by atoms with van der Waals surface area (Å²) in [6.07, 6.45) is 1.86. The summed E-state index contributed by atoms with van der Waals surface area (Å²) in [7, 11) is -3.38. The fourth-order valence-electron chi connectivity index (χ4n) is 4.02. The Labute approximate surface area is 166 Å². The fraction of sp³-hybridized carbons (Fsp3) is 0.632. The number of ether oxygens (including phenoxy) is 1. The van der Waals surface area contributed by atoms with Gasteiger partial charge in [0.1, 0.15) is 0 Å². The van der Waals surface area contributed by atoms with Crippen LogP contribution in [0.3, 0.4) is 0 Å². The van der Waals surface area contributed by atoms with Gasteiger partial charge in [-0.3, -0.25) is 4.79 Å². The van der Waals surface area contributed by atoms with E-state index in [0.717, 1.165) is 44.8 Å². The third kappa shape index (κ3) is 4.03. The molecule has 3 heterocycles. The maximum Gasteiger partial charge on any atom is 0.282 e. The van der Waals surface area contributed by atoms with Crippen LogP contribution >= 0.6 is 0 Å². The van der Waals surface area contributed by atoms with Gasteiger partial charge in [-0.2, -0.15) is 17.0 Å². The van der Waals surface area contributed by atoms with Crippen molar-refractivity contribution in [3.05, 3.63) is 29.8 Å². The number of hydrogen-bond acceptors (Lipinski definition) is 5. The number of anilines is 1. The van der Waals surface area contributed by atoms with Gasteiger partial charge >= 0.3 is 0 Å². The van der Waals surface area contributed by atoms with Crippen LogP contribution in [0.1, 0.15) is 23.2 Å². The van der Waals surface area contributed by atoms with E-state index in [4.69, 9.17) is 4.74 Å². The summed E-state index contributed by atoms with van der Waals surface area (Å²) in [5.74, 6) is -0.0354. The number of amides is 1. The molecule has 0 atom stereocenters. The molecule has 0 saturated carbocycles. The largest absolute Gasteiger partial charge is 0.378 e. The van der Waals surface area contributed by atoms with Crippen molar-refractivity contribution >= 4 is 21.8 Å². The average molecular weight is 409 g/mol. The van der Waals surface area contributed by atoms with Crippen LogP contribution in [-0.2, 0) is 14.9 Å². The molecule has 1 aromatic carbocycles. The summed E-state index contributed by atoms with van der Waals surface area (Å²) in [4.78, 5) is 16.8. The maximum atomic E-state index is 12.8. The van der Waals surface area contributed by atoms with Crippen LogP contribution in [0.25, 0.3) is 0 Å². The fourth-order valence-corrected chi connectivity index (χ4v) is 5.69. The zero-order chi connectivity index (χ0) is 19.6. The molecule has 8 nitrogen and oxygen atoms in total. The zero-order valence-electron chi connectivity index (χ0n) is 16.1. The van der Waals surface area contributed by atoms with E-state index in [1.807, 2.05) is 24.3 Å². The van der Waals surface area contributed by atoms with E-state index in [-0.39, 0.29) is 5.91 Å². The number of carbonyl (C=O) groups excluding carboxylic acids is 1. The maximum absolute atomic E-state index is 12.8. The highest BCUT2D eigenvalue weighted by Gasteiger charge is 2.34. The zero-order valence-corrected chi connectivity index (χ0v) is 16.9. The van der Waals surface area contributed by atoms with Crippen molar-refractivity contribution in [3.63, 3.8) is 0 Å². The molecule has 28 heavy (non-hydrogen) atoms. The molecule has 1 amide bonds. The van der Waals surface area contributed by atoms with Gasteiger partial charge in [-0.05, 0) is 37.1 Å². The lowest BCUT2D eigenvalue weighted by Gasteiger charge is -2.36. The Hall–Kier alpha value is -1.68. The highest BCUT2D eigenvalue weighted by Crippen LogP contribution is 2.20. The third-order valence-corrected chi connectivity index (χ3v) is 7.77. The first kappa shape index (κ1) is 19.6. The number of morpholine rings is 1. The minimum absolute atomic E-state index is 0.0354. The molecule has 0 aromatic heterocycles.